The lowest BCUT2D eigenvalue weighted by atomic mass is 10.2. The van der Waals surface area contributed by atoms with Crippen molar-refractivity contribution in [1.82, 2.24) is 0 Å². The lowest BCUT2D eigenvalue weighted by Gasteiger charge is -2.04. The lowest BCUT2D eigenvalue weighted by molar-refractivity contribution is -0.111. The Morgan fingerprint density at radius 3 is 2.42 bits per heavy atom. The van der Waals surface area contributed by atoms with Gasteiger partial charge in [0.2, 0.25) is 5.91 Å². The second-order valence-corrected chi connectivity index (χ2v) is 7.50. The summed E-state index contributed by atoms with van der Waals surface area (Å²) in [5.41, 5.74) is 1.28. The van der Waals surface area contributed by atoms with E-state index in [0.29, 0.717) is 32.3 Å². The highest BCUT2D eigenvalue weighted by Gasteiger charge is 2.07. The molecule has 2 aromatic carbocycles. The van der Waals surface area contributed by atoms with Crippen molar-refractivity contribution in [2.24, 2.45) is 0 Å². The monoisotopic (exact) mass is 469 g/mol. The number of amides is 1. The standard InChI is InChI=1S/C19H11BrCl3NO2/c20-12-1-4-17(16(23)9-12)24-19(25)6-3-15-2-5-18(26-15)11-7-13(21)10-14(22)8-11/h1-10H,(H,24,25)/b6-3+. The molecule has 0 unspecified atom stereocenters. The molecule has 3 rings (SSSR count). The van der Waals surface area contributed by atoms with Crippen molar-refractivity contribution >= 4 is 68.4 Å². The third kappa shape index (κ3) is 4.92. The molecule has 0 aliphatic rings. The van der Waals surface area contributed by atoms with Gasteiger partial charge in [0.15, 0.2) is 0 Å². The normalized spacial score (nSPS) is 11.1. The molecule has 26 heavy (non-hydrogen) atoms. The van der Waals surface area contributed by atoms with Gasteiger partial charge < -0.3 is 9.73 Å². The smallest absolute Gasteiger partial charge is 0.248 e. The highest BCUT2D eigenvalue weighted by Crippen LogP contribution is 2.29. The van der Waals surface area contributed by atoms with Crippen molar-refractivity contribution in [2.75, 3.05) is 5.32 Å². The number of rotatable bonds is 4. The fraction of sp³-hybridized carbons (Fsp3) is 0. The maximum absolute atomic E-state index is 12.0. The number of halogens is 4. The molecule has 0 fully saturated rings. The van der Waals surface area contributed by atoms with E-state index in [2.05, 4.69) is 21.2 Å². The Bertz CT molecular complexity index is 978. The van der Waals surface area contributed by atoms with Crippen LogP contribution in [-0.2, 0) is 4.79 Å². The molecule has 0 aliphatic carbocycles. The van der Waals surface area contributed by atoms with Gasteiger partial charge in [-0.25, -0.2) is 0 Å². The summed E-state index contributed by atoms with van der Waals surface area (Å²) in [6.07, 6.45) is 2.93. The summed E-state index contributed by atoms with van der Waals surface area (Å²) >= 11 is 21.4. The van der Waals surface area contributed by atoms with Crippen molar-refractivity contribution in [1.29, 1.82) is 0 Å². The Hall–Kier alpha value is -1.72. The quantitative estimate of drug-likeness (QED) is 0.405. The minimum atomic E-state index is -0.321. The SMILES string of the molecule is O=C(/C=C/c1ccc(-c2cc(Cl)cc(Cl)c2)o1)Nc1ccc(Br)cc1Cl. The largest absolute Gasteiger partial charge is 0.457 e. The maximum Gasteiger partial charge on any atom is 0.248 e. The van der Waals surface area contributed by atoms with Crippen molar-refractivity contribution in [3.8, 4) is 11.3 Å². The van der Waals surface area contributed by atoms with Crippen LogP contribution in [0.15, 0.2) is 63.5 Å². The van der Waals surface area contributed by atoms with E-state index < -0.39 is 0 Å². The molecule has 7 heteroatoms. The minimum absolute atomic E-state index is 0.321. The number of benzene rings is 2. The second kappa shape index (κ2) is 8.31. The summed E-state index contributed by atoms with van der Waals surface area (Å²) in [6, 6.07) is 13.9. The van der Waals surface area contributed by atoms with E-state index in [1.54, 1.807) is 54.6 Å². The number of carbonyl (C=O) groups is 1. The van der Waals surface area contributed by atoms with Crippen molar-refractivity contribution in [3.63, 3.8) is 0 Å². The van der Waals surface area contributed by atoms with E-state index in [-0.39, 0.29) is 5.91 Å². The van der Waals surface area contributed by atoms with E-state index in [1.165, 1.54) is 6.08 Å². The van der Waals surface area contributed by atoms with Crippen LogP contribution >= 0.6 is 50.7 Å². The van der Waals surface area contributed by atoms with Crippen molar-refractivity contribution in [3.05, 3.63) is 79.9 Å². The van der Waals surface area contributed by atoms with Gasteiger partial charge in [-0.15, -0.1) is 0 Å². The summed E-state index contributed by atoms with van der Waals surface area (Å²) in [7, 11) is 0. The molecule has 0 bridgehead atoms. The van der Waals surface area contributed by atoms with Crippen LogP contribution in [0.1, 0.15) is 5.76 Å². The molecule has 3 nitrogen and oxygen atoms in total. The van der Waals surface area contributed by atoms with Crippen LogP contribution in [0.4, 0.5) is 5.69 Å². The van der Waals surface area contributed by atoms with Gasteiger partial charge >= 0.3 is 0 Å². The van der Waals surface area contributed by atoms with Crippen LogP contribution in [0.2, 0.25) is 15.1 Å². The summed E-state index contributed by atoms with van der Waals surface area (Å²) in [5, 5.41) is 4.19. The summed E-state index contributed by atoms with van der Waals surface area (Å²) in [6.45, 7) is 0. The molecule has 0 aliphatic heterocycles. The van der Waals surface area contributed by atoms with Crippen molar-refractivity contribution in [2.45, 2.75) is 0 Å². The second-order valence-electron chi connectivity index (χ2n) is 5.31. The maximum atomic E-state index is 12.0. The van der Waals surface area contributed by atoms with Gasteiger partial charge in [-0.3, -0.25) is 4.79 Å². The first-order chi connectivity index (χ1) is 12.4. The Morgan fingerprint density at radius 1 is 1.00 bits per heavy atom. The van der Waals surface area contributed by atoms with Gasteiger partial charge in [-0.05, 0) is 54.6 Å². The number of hydrogen-bond acceptors (Lipinski definition) is 2. The highest BCUT2D eigenvalue weighted by molar-refractivity contribution is 9.10. The van der Waals surface area contributed by atoms with Crippen molar-refractivity contribution < 1.29 is 9.21 Å². The Balaban J connectivity index is 1.71. The molecule has 3 aromatic rings. The van der Waals surface area contributed by atoms with E-state index in [0.717, 1.165) is 10.0 Å². The summed E-state index contributed by atoms with van der Waals surface area (Å²) in [5.74, 6) is 0.802. The van der Waals surface area contributed by atoms with Gasteiger partial charge in [0.05, 0.1) is 10.7 Å². The summed E-state index contributed by atoms with van der Waals surface area (Å²) in [4.78, 5) is 12.0. The van der Waals surface area contributed by atoms with Gasteiger partial charge in [0.25, 0.3) is 0 Å². The predicted octanol–water partition coefficient (Wildman–Crippen LogP) is 7.32. The Labute approximate surface area is 173 Å². The molecule has 1 heterocycles. The molecule has 1 amide bonds. The van der Waals surface area contributed by atoms with Gasteiger partial charge in [-0.1, -0.05) is 50.7 Å². The van der Waals surface area contributed by atoms with E-state index >= 15 is 0 Å². The van der Waals surface area contributed by atoms with Gasteiger partial charge in [0, 0.05) is 26.2 Å². The molecule has 0 saturated carbocycles. The first-order valence-corrected chi connectivity index (χ1v) is 9.34. The van der Waals surface area contributed by atoms with Crippen LogP contribution < -0.4 is 5.32 Å². The minimum Gasteiger partial charge on any atom is -0.457 e. The van der Waals surface area contributed by atoms with E-state index in [9.17, 15) is 4.79 Å². The van der Waals surface area contributed by atoms with Crippen LogP contribution in [0.25, 0.3) is 17.4 Å². The predicted molar refractivity (Wildman–Crippen MR) is 111 cm³/mol. The molecular weight excluding hydrogens is 460 g/mol. The average molecular weight is 472 g/mol. The van der Waals surface area contributed by atoms with Crippen LogP contribution in [0, 0.1) is 0 Å². The highest BCUT2D eigenvalue weighted by atomic mass is 79.9. The van der Waals surface area contributed by atoms with E-state index in [1.807, 2.05) is 0 Å². The Morgan fingerprint density at radius 2 is 1.73 bits per heavy atom. The lowest BCUT2D eigenvalue weighted by Crippen LogP contribution is -2.07. The molecular formula is C19H11BrCl3NO2. The number of carbonyl (C=O) groups excluding carboxylic acids is 1. The topological polar surface area (TPSA) is 42.2 Å². The number of nitrogens with one attached hydrogen (secondary N) is 1. The number of furan rings is 1. The number of hydrogen-bond donors (Lipinski definition) is 1. The Kier molecular flexibility index (Phi) is 6.09. The molecule has 0 atom stereocenters. The van der Waals surface area contributed by atoms with Crippen LogP contribution in [-0.4, -0.2) is 5.91 Å². The van der Waals surface area contributed by atoms with Crippen LogP contribution in [0.5, 0.6) is 0 Å². The fourth-order valence-electron chi connectivity index (χ4n) is 2.22. The molecule has 1 aromatic heterocycles. The van der Waals surface area contributed by atoms with E-state index in [4.69, 9.17) is 39.2 Å². The molecule has 0 spiro atoms. The third-order valence-corrected chi connectivity index (χ3v) is 4.60. The summed E-state index contributed by atoms with van der Waals surface area (Å²) < 4.78 is 6.54. The first kappa shape index (κ1) is 19.1. The fourth-order valence-corrected chi connectivity index (χ4v) is 3.46. The number of anilines is 1. The zero-order valence-electron chi connectivity index (χ0n) is 13.1. The third-order valence-electron chi connectivity index (χ3n) is 3.36. The first-order valence-electron chi connectivity index (χ1n) is 7.41. The molecule has 132 valence electrons. The zero-order valence-corrected chi connectivity index (χ0v) is 17.0. The molecule has 0 radical (unpaired) electrons. The van der Waals surface area contributed by atoms with Gasteiger partial charge in [0.1, 0.15) is 11.5 Å². The van der Waals surface area contributed by atoms with Crippen LogP contribution in [0.3, 0.4) is 0 Å². The van der Waals surface area contributed by atoms with Gasteiger partial charge in [-0.2, -0.15) is 0 Å². The molecule has 0 saturated heterocycles. The molecule has 1 N–H and O–H groups in total. The average Bonchev–Trinajstić information content (AvgIpc) is 3.04. The zero-order chi connectivity index (χ0) is 18.7.